The first-order valence-corrected chi connectivity index (χ1v) is 8.82. The van der Waals surface area contributed by atoms with E-state index in [0.717, 1.165) is 5.56 Å². The van der Waals surface area contributed by atoms with Crippen molar-refractivity contribution in [1.82, 2.24) is 5.32 Å². The van der Waals surface area contributed by atoms with Crippen molar-refractivity contribution < 1.29 is 18.7 Å². The Bertz CT molecular complexity index is 736. The van der Waals surface area contributed by atoms with Gasteiger partial charge in [0.25, 0.3) is 0 Å². The molecule has 0 spiro atoms. The molecule has 7 heteroatoms. The van der Waals surface area contributed by atoms with Gasteiger partial charge in [-0.2, -0.15) is 0 Å². The molecule has 0 aromatic heterocycles. The molecule has 0 unspecified atom stereocenters. The average molecular weight is 368 g/mol. The molecule has 2 aromatic carbocycles. The molecule has 0 aliphatic carbocycles. The predicted molar refractivity (Wildman–Crippen MR) is 92.0 cm³/mol. The molecule has 4 nitrogen and oxygen atoms in total. The molecule has 1 heterocycles. The van der Waals surface area contributed by atoms with E-state index in [1.165, 1.54) is 17.8 Å². The highest BCUT2D eigenvalue weighted by atomic mass is 35.5. The van der Waals surface area contributed by atoms with Crippen LogP contribution in [0.1, 0.15) is 11.1 Å². The molecule has 0 fully saturated rings. The first kappa shape index (κ1) is 16.9. The van der Waals surface area contributed by atoms with Crippen LogP contribution in [-0.2, 0) is 17.1 Å². The summed E-state index contributed by atoms with van der Waals surface area (Å²) in [4.78, 5) is 11.9. The van der Waals surface area contributed by atoms with Crippen LogP contribution in [0.3, 0.4) is 0 Å². The molecular formula is C17H15ClFNO3S. The number of hydrogen-bond donors (Lipinski definition) is 1. The second kappa shape index (κ2) is 7.77. The van der Waals surface area contributed by atoms with Gasteiger partial charge in [-0.1, -0.05) is 23.7 Å². The Morgan fingerprint density at radius 1 is 1.25 bits per heavy atom. The van der Waals surface area contributed by atoms with E-state index in [0.29, 0.717) is 34.4 Å². The van der Waals surface area contributed by atoms with Crippen LogP contribution in [0.5, 0.6) is 11.5 Å². The molecule has 1 aliphatic rings. The molecule has 2 aromatic rings. The Morgan fingerprint density at radius 3 is 2.92 bits per heavy atom. The van der Waals surface area contributed by atoms with Gasteiger partial charge < -0.3 is 14.8 Å². The number of benzene rings is 2. The highest BCUT2D eigenvalue weighted by molar-refractivity contribution is 7.99. The fourth-order valence-electron chi connectivity index (χ4n) is 2.22. The summed E-state index contributed by atoms with van der Waals surface area (Å²) in [5.41, 5.74) is 1.35. The van der Waals surface area contributed by atoms with E-state index in [1.807, 2.05) is 18.2 Å². The molecule has 0 radical (unpaired) electrons. The molecule has 1 aliphatic heterocycles. The second-order valence-electron chi connectivity index (χ2n) is 5.16. The maximum atomic E-state index is 13.6. The molecule has 24 heavy (non-hydrogen) atoms. The van der Waals surface area contributed by atoms with Crippen molar-refractivity contribution in [3.63, 3.8) is 0 Å². The topological polar surface area (TPSA) is 47.6 Å². The van der Waals surface area contributed by atoms with Gasteiger partial charge in [0.05, 0.1) is 5.75 Å². The molecule has 126 valence electrons. The van der Waals surface area contributed by atoms with Crippen molar-refractivity contribution in [3.05, 3.63) is 58.4 Å². The zero-order chi connectivity index (χ0) is 16.9. The number of thioether (sulfide) groups is 1. The number of amides is 1. The highest BCUT2D eigenvalue weighted by Crippen LogP contribution is 2.32. The van der Waals surface area contributed by atoms with Crippen molar-refractivity contribution in [2.75, 3.05) is 12.5 Å². The summed E-state index contributed by atoms with van der Waals surface area (Å²) in [5.74, 6) is 1.51. The maximum absolute atomic E-state index is 13.6. The second-order valence-corrected chi connectivity index (χ2v) is 6.55. The van der Waals surface area contributed by atoms with Gasteiger partial charge in [0.1, 0.15) is 5.82 Å². The number of ether oxygens (including phenoxy) is 2. The van der Waals surface area contributed by atoms with E-state index in [2.05, 4.69) is 5.32 Å². The zero-order valence-corrected chi connectivity index (χ0v) is 14.3. The third-order valence-corrected chi connectivity index (χ3v) is 4.78. The van der Waals surface area contributed by atoms with Crippen LogP contribution in [0.2, 0.25) is 5.02 Å². The van der Waals surface area contributed by atoms with E-state index >= 15 is 0 Å². The molecule has 0 saturated heterocycles. The Morgan fingerprint density at radius 2 is 2.08 bits per heavy atom. The number of hydrogen-bond acceptors (Lipinski definition) is 4. The third kappa shape index (κ3) is 4.13. The first-order valence-electron chi connectivity index (χ1n) is 7.29. The molecule has 0 saturated carbocycles. The summed E-state index contributed by atoms with van der Waals surface area (Å²) in [6.45, 7) is 0.622. The van der Waals surface area contributed by atoms with Crippen molar-refractivity contribution in [2.24, 2.45) is 0 Å². The molecule has 0 bridgehead atoms. The van der Waals surface area contributed by atoms with Crippen molar-refractivity contribution in [3.8, 4) is 11.5 Å². The lowest BCUT2D eigenvalue weighted by molar-refractivity contribution is -0.118. The van der Waals surface area contributed by atoms with Gasteiger partial charge >= 0.3 is 0 Å². The fraction of sp³-hybridized carbons (Fsp3) is 0.235. The van der Waals surface area contributed by atoms with E-state index in [-0.39, 0.29) is 24.3 Å². The van der Waals surface area contributed by atoms with Gasteiger partial charge in [-0.25, -0.2) is 4.39 Å². The quantitative estimate of drug-likeness (QED) is 0.844. The van der Waals surface area contributed by atoms with Crippen LogP contribution >= 0.6 is 23.4 Å². The highest BCUT2D eigenvalue weighted by Gasteiger charge is 2.13. The van der Waals surface area contributed by atoms with Crippen LogP contribution in [0.4, 0.5) is 4.39 Å². The van der Waals surface area contributed by atoms with E-state index < -0.39 is 0 Å². The number of nitrogens with one attached hydrogen (secondary N) is 1. The van der Waals surface area contributed by atoms with Gasteiger partial charge in [-0.3, -0.25) is 4.79 Å². The van der Waals surface area contributed by atoms with E-state index in [1.54, 1.807) is 12.1 Å². The summed E-state index contributed by atoms with van der Waals surface area (Å²) in [7, 11) is 0. The van der Waals surface area contributed by atoms with E-state index in [9.17, 15) is 9.18 Å². The zero-order valence-electron chi connectivity index (χ0n) is 12.7. The lowest BCUT2D eigenvalue weighted by Crippen LogP contribution is -2.24. The Balaban J connectivity index is 1.45. The summed E-state index contributed by atoms with van der Waals surface area (Å²) in [6, 6.07) is 10.1. The van der Waals surface area contributed by atoms with Crippen molar-refractivity contribution in [2.45, 2.75) is 12.3 Å². The smallest absolute Gasteiger partial charge is 0.231 e. The van der Waals surface area contributed by atoms with Crippen molar-refractivity contribution >= 4 is 29.3 Å². The number of rotatable bonds is 6. The van der Waals surface area contributed by atoms with E-state index in [4.69, 9.17) is 21.1 Å². The molecule has 3 rings (SSSR count). The van der Waals surface area contributed by atoms with Crippen LogP contribution in [-0.4, -0.2) is 18.5 Å². The number of carbonyl (C=O) groups excluding carboxylic acids is 1. The molecular weight excluding hydrogens is 353 g/mol. The molecule has 0 atom stereocenters. The van der Waals surface area contributed by atoms with Gasteiger partial charge in [-0.05, 0) is 29.8 Å². The minimum absolute atomic E-state index is 0.120. The summed E-state index contributed by atoms with van der Waals surface area (Å²) >= 11 is 7.27. The van der Waals surface area contributed by atoms with Gasteiger partial charge in [-0.15, -0.1) is 11.8 Å². The average Bonchev–Trinajstić information content (AvgIpc) is 3.03. The summed E-state index contributed by atoms with van der Waals surface area (Å²) in [5, 5.41) is 3.20. The van der Waals surface area contributed by atoms with Crippen LogP contribution in [0.15, 0.2) is 36.4 Å². The van der Waals surface area contributed by atoms with Crippen LogP contribution in [0, 0.1) is 5.82 Å². The normalized spacial score (nSPS) is 12.2. The SMILES string of the molecule is O=C(CSCc1c(F)cccc1Cl)NCc1ccc2c(c1)OCO2. The minimum Gasteiger partial charge on any atom is -0.454 e. The molecule has 1 N–H and O–H groups in total. The van der Waals surface area contributed by atoms with Crippen molar-refractivity contribution in [1.29, 1.82) is 0 Å². The number of halogens is 2. The Labute approximate surface area is 148 Å². The van der Waals surface area contributed by atoms with Gasteiger partial charge in [0.15, 0.2) is 11.5 Å². The Hall–Kier alpha value is -1.92. The Kier molecular flexibility index (Phi) is 5.48. The monoisotopic (exact) mass is 367 g/mol. The minimum atomic E-state index is -0.351. The first-order chi connectivity index (χ1) is 11.6. The number of carbonyl (C=O) groups is 1. The predicted octanol–water partition coefficient (Wildman–Crippen LogP) is 3.76. The fourth-order valence-corrected chi connectivity index (χ4v) is 3.41. The molecule has 1 amide bonds. The van der Waals surface area contributed by atoms with Crippen LogP contribution in [0.25, 0.3) is 0 Å². The third-order valence-electron chi connectivity index (χ3n) is 3.47. The van der Waals surface area contributed by atoms with Gasteiger partial charge in [0, 0.05) is 22.9 Å². The lowest BCUT2D eigenvalue weighted by Gasteiger charge is -2.07. The summed E-state index contributed by atoms with van der Waals surface area (Å²) < 4.78 is 24.2. The number of fused-ring (bicyclic) bond motifs is 1. The standard InChI is InChI=1S/C17H15ClFNO3S/c18-13-2-1-3-14(19)12(13)8-24-9-17(21)20-7-11-4-5-15-16(6-11)23-10-22-15/h1-6H,7-10H2,(H,20,21). The largest absolute Gasteiger partial charge is 0.454 e. The maximum Gasteiger partial charge on any atom is 0.231 e. The van der Waals surface area contributed by atoms with Crippen LogP contribution < -0.4 is 14.8 Å². The lowest BCUT2D eigenvalue weighted by atomic mass is 10.2. The summed E-state index contributed by atoms with van der Waals surface area (Å²) in [6.07, 6.45) is 0. The van der Waals surface area contributed by atoms with Gasteiger partial charge in [0.2, 0.25) is 12.7 Å².